The fourth-order valence-electron chi connectivity index (χ4n) is 5.15. The molecular formula is C22H24N2O7. The molecule has 9 nitrogen and oxygen atoms in total. The molecule has 0 bridgehead atoms. The van der Waals surface area contributed by atoms with Gasteiger partial charge in [-0.15, -0.1) is 0 Å². The number of amides is 1. The molecule has 0 aliphatic heterocycles. The van der Waals surface area contributed by atoms with Crippen LogP contribution >= 0.6 is 0 Å². The van der Waals surface area contributed by atoms with Crippen LogP contribution in [0, 0.1) is 11.8 Å². The van der Waals surface area contributed by atoms with E-state index in [1.165, 1.54) is 6.07 Å². The first kappa shape index (κ1) is 21.1. The number of ketones is 2. The number of primary amides is 1. The van der Waals surface area contributed by atoms with Crippen LogP contribution in [-0.2, 0) is 20.8 Å². The van der Waals surface area contributed by atoms with E-state index in [9.17, 15) is 34.8 Å². The standard InChI is InChI=1S/C22H24N2O7/c1-2-6-24-16-11-8-10-7-9-4-3-5-12(25)13(9)17(26)14(10)19(28)22(11,31)20(29)15(18(16)27)21(23)30/h3-5,10-11,16,24-26,29,31H,2,6-8H2,1H3,(H2,23,30). The number of benzene rings is 1. The van der Waals surface area contributed by atoms with Crippen molar-refractivity contribution in [1.82, 2.24) is 5.32 Å². The zero-order chi connectivity index (χ0) is 22.7. The highest BCUT2D eigenvalue weighted by atomic mass is 16.3. The molecule has 9 heteroatoms. The Labute approximate surface area is 177 Å². The summed E-state index contributed by atoms with van der Waals surface area (Å²) < 4.78 is 0. The summed E-state index contributed by atoms with van der Waals surface area (Å²) in [5, 5.41) is 46.2. The van der Waals surface area contributed by atoms with E-state index in [2.05, 4.69) is 5.32 Å². The van der Waals surface area contributed by atoms with Gasteiger partial charge < -0.3 is 31.5 Å². The van der Waals surface area contributed by atoms with E-state index in [0.29, 0.717) is 24.9 Å². The number of phenolic OH excluding ortho intramolecular Hbond substituents is 1. The van der Waals surface area contributed by atoms with Gasteiger partial charge in [-0.1, -0.05) is 19.1 Å². The number of phenols is 1. The predicted molar refractivity (Wildman–Crippen MR) is 109 cm³/mol. The molecule has 1 aromatic rings. The SMILES string of the molecule is CCCNC1C(=O)C(C(N)=O)=C(O)C2(O)C(=O)C3=C(O)c4c(O)cccc4CC3CC12. The van der Waals surface area contributed by atoms with Crippen LogP contribution in [0.5, 0.6) is 5.75 Å². The van der Waals surface area contributed by atoms with Gasteiger partial charge in [0.15, 0.2) is 11.4 Å². The molecule has 7 N–H and O–H groups in total. The molecule has 4 atom stereocenters. The maximum Gasteiger partial charge on any atom is 0.255 e. The Hall–Kier alpha value is -3.17. The number of aliphatic hydroxyl groups is 3. The second kappa shape index (κ2) is 7.21. The Bertz CT molecular complexity index is 1070. The highest BCUT2D eigenvalue weighted by Gasteiger charge is 2.63. The number of Topliss-reactive ketones (excluding diaryl/α,β-unsaturated/α-hetero) is 2. The average Bonchev–Trinajstić information content (AvgIpc) is 2.70. The summed E-state index contributed by atoms with van der Waals surface area (Å²) in [5.74, 6) is -6.44. The summed E-state index contributed by atoms with van der Waals surface area (Å²) in [7, 11) is 0. The number of nitrogens with two attached hydrogens (primary N) is 1. The number of nitrogens with one attached hydrogen (secondary N) is 1. The lowest BCUT2D eigenvalue weighted by molar-refractivity contribution is -0.150. The summed E-state index contributed by atoms with van der Waals surface area (Å²) in [4.78, 5) is 38.4. The molecule has 4 rings (SSSR count). The molecule has 3 aliphatic rings. The number of aromatic hydroxyl groups is 1. The predicted octanol–water partition coefficient (Wildman–Crippen LogP) is 0.402. The molecule has 0 heterocycles. The molecule has 4 unspecified atom stereocenters. The van der Waals surface area contributed by atoms with Crippen molar-refractivity contribution in [3.8, 4) is 5.75 Å². The highest BCUT2D eigenvalue weighted by Crippen LogP contribution is 2.51. The molecule has 1 fully saturated rings. The zero-order valence-corrected chi connectivity index (χ0v) is 16.9. The molecule has 0 spiro atoms. The Morgan fingerprint density at radius 3 is 2.61 bits per heavy atom. The first-order valence-corrected chi connectivity index (χ1v) is 10.2. The first-order valence-electron chi connectivity index (χ1n) is 10.2. The van der Waals surface area contributed by atoms with E-state index in [4.69, 9.17) is 5.73 Å². The second-order valence-corrected chi connectivity index (χ2v) is 8.30. The summed E-state index contributed by atoms with van der Waals surface area (Å²) in [6, 6.07) is 3.60. The minimum atomic E-state index is -2.61. The molecule has 3 aliphatic carbocycles. The van der Waals surface area contributed by atoms with E-state index < -0.39 is 58.0 Å². The Kier molecular flexibility index (Phi) is 4.90. The van der Waals surface area contributed by atoms with Gasteiger partial charge in [0.2, 0.25) is 5.78 Å². The Balaban J connectivity index is 1.93. The van der Waals surface area contributed by atoms with Crippen LogP contribution in [0.4, 0.5) is 0 Å². The average molecular weight is 428 g/mol. The number of carbonyl (C=O) groups is 3. The van der Waals surface area contributed by atoms with Crippen molar-refractivity contribution in [2.24, 2.45) is 17.6 Å². The maximum atomic E-state index is 13.5. The quantitative estimate of drug-likeness (QED) is 0.374. The summed E-state index contributed by atoms with van der Waals surface area (Å²) in [5.41, 5.74) is 2.43. The minimum absolute atomic E-state index is 0.0833. The molecule has 0 aromatic heterocycles. The number of carbonyl (C=O) groups excluding carboxylic acids is 3. The lowest BCUT2D eigenvalue weighted by atomic mass is 9.57. The van der Waals surface area contributed by atoms with E-state index in [0.717, 1.165) is 0 Å². The minimum Gasteiger partial charge on any atom is -0.508 e. The van der Waals surface area contributed by atoms with Crippen molar-refractivity contribution in [3.63, 3.8) is 0 Å². The van der Waals surface area contributed by atoms with Gasteiger partial charge in [-0.3, -0.25) is 14.4 Å². The molecule has 164 valence electrons. The Morgan fingerprint density at radius 1 is 1.26 bits per heavy atom. The Morgan fingerprint density at radius 2 is 1.97 bits per heavy atom. The van der Waals surface area contributed by atoms with E-state index in [-0.39, 0.29) is 23.3 Å². The van der Waals surface area contributed by atoms with Crippen molar-refractivity contribution in [2.45, 2.75) is 37.8 Å². The van der Waals surface area contributed by atoms with Gasteiger partial charge in [-0.2, -0.15) is 0 Å². The van der Waals surface area contributed by atoms with E-state index in [1.54, 1.807) is 12.1 Å². The summed E-state index contributed by atoms with van der Waals surface area (Å²) >= 11 is 0. The fraction of sp³-hybridized carbons (Fsp3) is 0.409. The number of aliphatic hydroxyl groups excluding tert-OH is 2. The number of rotatable bonds is 4. The van der Waals surface area contributed by atoms with E-state index >= 15 is 0 Å². The van der Waals surface area contributed by atoms with Crippen LogP contribution in [0.3, 0.4) is 0 Å². The van der Waals surface area contributed by atoms with Gasteiger partial charge in [-0.05, 0) is 43.4 Å². The largest absolute Gasteiger partial charge is 0.508 e. The monoisotopic (exact) mass is 428 g/mol. The zero-order valence-electron chi connectivity index (χ0n) is 16.9. The van der Waals surface area contributed by atoms with Crippen LogP contribution in [0.2, 0.25) is 0 Å². The highest BCUT2D eigenvalue weighted by molar-refractivity contribution is 6.24. The van der Waals surface area contributed by atoms with Crippen molar-refractivity contribution < 1.29 is 34.8 Å². The number of fused-ring (bicyclic) bond motifs is 3. The summed E-state index contributed by atoms with van der Waals surface area (Å²) in [6.07, 6.45) is 1.02. The molecule has 0 radical (unpaired) electrons. The first-order chi connectivity index (χ1) is 14.6. The maximum absolute atomic E-state index is 13.5. The molecule has 1 saturated carbocycles. The fourth-order valence-corrected chi connectivity index (χ4v) is 5.15. The lowest BCUT2D eigenvalue weighted by Crippen LogP contribution is -2.66. The van der Waals surface area contributed by atoms with Crippen molar-refractivity contribution in [2.75, 3.05) is 6.54 Å². The number of hydrogen-bond acceptors (Lipinski definition) is 8. The molecule has 1 aromatic carbocycles. The second-order valence-electron chi connectivity index (χ2n) is 8.30. The topological polar surface area (TPSA) is 170 Å². The van der Waals surface area contributed by atoms with Crippen LogP contribution in [-0.4, -0.2) is 56.1 Å². The third-order valence-corrected chi connectivity index (χ3v) is 6.55. The smallest absolute Gasteiger partial charge is 0.255 e. The van der Waals surface area contributed by atoms with Gasteiger partial charge in [0, 0.05) is 11.5 Å². The molecule has 1 amide bonds. The van der Waals surface area contributed by atoms with Crippen molar-refractivity contribution in [1.29, 1.82) is 0 Å². The van der Waals surface area contributed by atoms with Gasteiger partial charge in [0.1, 0.15) is 22.8 Å². The molecule has 31 heavy (non-hydrogen) atoms. The normalized spacial score (nSPS) is 30.1. The van der Waals surface area contributed by atoms with Crippen molar-refractivity contribution >= 4 is 23.2 Å². The van der Waals surface area contributed by atoms with Crippen LogP contribution in [0.25, 0.3) is 5.76 Å². The van der Waals surface area contributed by atoms with Crippen LogP contribution in [0.15, 0.2) is 35.1 Å². The van der Waals surface area contributed by atoms with Crippen LogP contribution < -0.4 is 11.1 Å². The number of hydrogen-bond donors (Lipinski definition) is 6. The van der Waals surface area contributed by atoms with E-state index in [1.807, 2.05) is 6.92 Å². The third kappa shape index (κ3) is 2.80. The van der Waals surface area contributed by atoms with Gasteiger partial charge >= 0.3 is 0 Å². The summed E-state index contributed by atoms with van der Waals surface area (Å²) in [6.45, 7) is 2.24. The van der Waals surface area contributed by atoms with Crippen molar-refractivity contribution in [3.05, 3.63) is 46.2 Å². The van der Waals surface area contributed by atoms with Gasteiger partial charge in [-0.25, -0.2) is 0 Å². The molecular weight excluding hydrogens is 404 g/mol. The molecule has 0 saturated heterocycles. The lowest BCUT2D eigenvalue weighted by Gasteiger charge is -2.49. The van der Waals surface area contributed by atoms with Gasteiger partial charge in [0.25, 0.3) is 5.91 Å². The van der Waals surface area contributed by atoms with Crippen LogP contribution in [0.1, 0.15) is 30.9 Å². The third-order valence-electron chi connectivity index (χ3n) is 6.55. The van der Waals surface area contributed by atoms with Gasteiger partial charge in [0.05, 0.1) is 11.6 Å².